The summed E-state index contributed by atoms with van der Waals surface area (Å²) in [5.41, 5.74) is -0.138. The molecule has 0 fully saturated rings. The maximum Gasteiger partial charge on any atom is 0.431 e. The molecule has 0 bridgehead atoms. The van der Waals surface area contributed by atoms with Gasteiger partial charge in [-0.25, -0.2) is 9.78 Å². The number of aliphatic hydroxyl groups excluding tert-OH is 1. The maximum atomic E-state index is 10.9. The van der Waals surface area contributed by atoms with Crippen LogP contribution in [0, 0.1) is 0 Å². The molecule has 0 aliphatic carbocycles. The summed E-state index contributed by atoms with van der Waals surface area (Å²) in [6, 6.07) is 3.43. The Morgan fingerprint density at radius 2 is 2.15 bits per heavy atom. The summed E-state index contributed by atoms with van der Waals surface area (Å²) < 4.78 is 0. The van der Waals surface area contributed by atoms with E-state index in [2.05, 4.69) is 4.98 Å². The largest absolute Gasteiger partial charge is 0.463 e. The van der Waals surface area contributed by atoms with E-state index in [-0.39, 0.29) is 12.5 Å². The lowest BCUT2D eigenvalue weighted by Gasteiger charge is -2.34. The highest BCUT2D eigenvalue weighted by atomic mass is 35.5. The van der Waals surface area contributed by atoms with Crippen LogP contribution in [-0.4, -0.2) is 43.7 Å². The lowest BCUT2D eigenvalue weighted by atomic mass is 9.84. The van der Waals surface area contributed by atoms with Crippen molar-refractivity contribution >= 4 is 17.7 Å². The number of hydrogen-bond donors (Lipinski definition) is 3. The Labute approximate surface area is 122 Å². The molecule has 1 rings (SSSR count). The van der Waals surface area contributed by atoms with E-state index < -0.39 is 11.6 Å². The van der Waals surface area contributed by atoms with Crippen molar-refractivity contribution in [3.05, 3.63) is 29.0 Å². The number of halogens is 1. The standard InChI is InChI=1S/C13H19ClN2O4/c1-13(2,16(20)12(18)19)7-9(5-6-17)10-3-4-11(14)15-8-10/h3-4,8-9,17,20H,5-7H2,1-2H3,(H,18,19). The van der Waals surface area contributed by atoms with Gasteiger partial charge in [-0.2, -0.15) is 5.06 Å². The predicted octanol–water partition coefficient (Wildman–Crippen LogP) is 2.74. The second kappa shape index (κ2) is 6.88. The van der Waals surface area contributed by atoms with Crippen LogP contribution in [0.1, 0.15) is 38.2 Å². The zero-order chi connectivity index (χ0) is 15.3. The van der Waals surface area contributed by atoms with Gasteiger partial charge in [0.05, 0.1) is 5.54 Å². The van der Waals surface area contributed by atoms with Crippen LogP contribution in [0.4, 0.5) is 4.79 Å². The lowest BCUT2D eigenvalue weighted by Crippen LogP contribution is -2.45. The van der Waals surface area contributed by atoms with E-state index in [1.54, 1.807) is 32.2 Å². The number of carboxylic acid groups (broad SMARTS) is 1. The summed E-state index contributed by atoms with van der Waals surface area (Å²) in [5.74, 6) is -0.131. The molecule has 0 aliphatic heterocycles. The normalized spacial score (nSPS) is 13.1. The Hall–Kier alpha value is -1.37. The van der Waals surface area contributed by atoms with Crippen LogP contribution in [0.25, 0.3) is 0 Å². The molecular weight excluding hydrogens is 284 g/mol. The zero-order valence-corrected chi connectivity index (χ0v) is 12.2. The van der Waals surface area contributed by atoms with Gasteiger partial charge in [0.15, 0.2) is 0 Å². The smallest absolute Gasteiger partial charge is 0.431 e. The lowest BCUT2D eigenvalue weighted by molar-refractivity contribution is -0.134. The van der Waals surface area contributed by atoms with E-state index in [4.69, 9.17) is 21.8 Å². The van der Waals surface area contributed by atoms with Crippen LogP contribution >= 0.6 is 11.6 Å². The van der Waals surface area contributed by atoms with Crippen LogP contribution in [0.2, 0.25) is 5.15 Å². The molecule has 0 radical (unpaired) electrons. The first-order valence-electron chi connectivity index (χ1n) is 6.22. The van der Waals surface area contributed by atoms with Gasteiger partial charge in [0, 0.05) is 12.8 Å². The third-order valence-corrected chi connectivity index (χ3v) is 3.42. The number of nitrogens with zero attached hydrogens (tertiary/aromatic N) is 2. The van der Waals surface area contributed by atoms with Crippen molar-refractivity contribution in [1.82, 2.24) is 10.0 Å². The molecule has 1 heterocycles. The van der Waals surface area contributed by atoms with E-state index in [1.807, 2.05) is 0 Å². The fourth-order valence-corrected chi connectivity index (χ4v) is 2.23. The topological polar surface area (TPSA) is 93.9 Å². The molecule has 20 heavy (non-hydrogen) atoms. The molecule has 1 aromatic rings. The van der Waals surface area contributed by atoms with Gasteiger partial charge in [-0.3, -0.25) is 5.21 Å². The summed E-state index contributed by atoms with van der Waals surface area (Å²) in [4.78, 5) is 14.8. The number of aromatic nitrogens is 1. The quantitative estimate of drug-likeness (QED) is 0.427. The summed E-state index contributed by atoms with van der Waals surface area (Å²) in [5, 5.41) is 28.3. The Morgan fingerprint density at radius 3 is 2.60 bits per heavy atom. The van der Waals surface area contributed by atoms with Crippen molar-refractivity contribution < 1.29 is 20.2 Å². The number of aliphatic hydroxyl groups is 1. The number of hydrogen-bond acceptors (Lipinski definition) is 4. The zero-order valence-electron chi connectivity index (χ0n) is 11.5. The maximum absolute atomic E-state index is 10.9. The number of hydroxylamine groups is 2. The van der Waals surface area contributed by atoms with E-state index in [1.165, 1.54) is 0 Å². The second-order valence-electron chi connectivity index (χ2n) is 5.23. The average molecular weight is 303 g/mol. The Bertz CT molecular complexity index is 450. The van der Waals surface area contributed by atoms with Crippen molar-refractivity contribution in [1.29, 1.82) is 0 Å². The summed E-state index contributed by atoms with van der Waals surface area (Å²) >= 11 is 5.73. The molecule has 1 amide bonds. The highest BCUT2D eigenvalue weighted by molar-refractivity contribution is 6.29. The Kier molecular flexibility index (Phi) is 5.74. The number of rotatable bonds is 6. The van der Waals surface area contributed by atoms with E-state index >= 15 is 0 Å². The predicted molar refractivity (Wildman–Crippen MR) is 74.0 cm³/mol. The highest BCUT2D eigenvalue weighted by Gasteiger charge is 2.33. The van der Waals surface area contributed by atoms with Crippen LogP contribution in [0.15, 0.2) is 18.3 Å². The molecule has 0 aromatic carbocycles. The molecule has 1 atom stereocenters. The number of pyridine rings is 1. The summed E-state index contributed by atoms with van der Waals surface area (Å²) in [6.45, 7) is 3.20. The second-order valence-corrected chi connectivity index (χ2v) is 5.62. The monoisotopic (exact) mass is 302 g/mol. The van der Waals surface area contributed by atoms with Gasteiger partial charge in [-0.15, -0.1) is 0 Å². The van der Waals surface area contributed by atoms with Crippen molar-refractivity contribution in [2.45, 2.75) is 38.1 Å². The van der Waals surface area contributed by atoms with Gasteiger partial charge in [0.2, 0.25) is 0 Å². The van der Waals surface area contributed by atoms with Crippen molar-refractivity contribution in [2.75, 3.05) is 6.61 Å². The Balaban J connectivity index is 2.92. The van der Waals surface area contributed by atoms with Gasteiger partial charge in [0.1, 0.15) is 5.15 Å². The highest BCUT2D eigenvalue weighted by Crippen LogP contribution is 2.31. The van der Waals surface area contributed by atoms with Gasteiger partial charge in [-0.05, 0) is 44.2 Å². The minimum absolute atomic E-state index is 0.0398. The summed E-state index contributed by atoms with van der Waals surface area (Å²) in [7, 11) is 0. The Morgan fingerprint density at radius 1 is 1.50 bits per heavy atom. The third kappa shape index (κ3) is 4.33. The van der Waals surface area contributed by atoms with Crippen molar-refractivity contribution in [2.24, 2.45) is 0 Å². The van der Waals surface area contributed by atoms with Crippen LogP contribution in [-0.2, 0) is 0 Å². The van der Waals surface area contributed by atoms with Crippen LogP contribution < -0.4 is 0 Å². The van der Waals surface area contributed by atoms with E-state index in [9.17, 15) is 10.0 Å². The molecule has 3 N–H and O–H groups in total. The van der Waals surface area contributed by atoms with E-state index in [0.29, 0.717) is 23.1 Å². The first kappa shape index (κ1) is 16.7. The molecule has 1 unspecified atom stereocenters. The van der Waals surface area contributed by atoms with Crippen LogP contribution in [0.5, 0.6) is 0 Å². The first-order chi connectivity index (χ1) is 9.27. The molecule has 0 saturated carbocycles. The molecule has 6 nitrogen and oxygen atoms in total. The van der Waals surface area contributed by atoms with Crippen molar-refractivity contribution in [3.63, 3.8) is 0 Å². The molecule has 1 aromatic heterocycles. The van der Waals surface area contributed by atoms with Crippen molar-refractivity contribution in [3.8, 4) is 0 Å². The minimum atomic E-state index is -1.41. The minimum Gasteiger partial charge on any atom is -0.463 e. The molecule has 112 valence electrons. The van der Waals surface area contributed by atoms with Gasteiger partial charge < -0.3 is 10.2 Å². The fraction of sp³-hybridized carbons (Fsp3) is 0.538. The molecule has 7 heteroatoms. The van der Waals surface area contributed by atoms with Gasteiger partial charge in [0.25, 0.3) is 0 Å². The number of carbonyl (C=O) groups is 1. The average Bonchev–Trinajstić information content (AvgIpc) is 2.38. The molecule has 0 saturated heterocycles. The molecular formula is C13H19ClN2O4. The molecule has 0 spiro atoms. The number of amides is 1. The van der Waals surface area contributed by atoms with Crippen LogP contribution in [0.3, 0.4) is 0 Å². The first-order valence-corrected chi connectivity index (χ1v) is 6.60. The molecule has 0 aliphatic rings. The van der Waals surface area contributed by atoms with Gasteiger partial charge >= 0.3 is 6.09 Å². The summed E-state index contributed by atoms with van der Waals surface area (Å²) in [6.07, 6.45) is 0.980. The van der Waals surface area contributed by atoms with Gasteiger partial charge in [-0.1, -0.05) is 17.7 Å². The fourth-order valence-electron chi connectivity index (χ4n) is 2.12. The third-order valence-electron chi connectivity index (χ3n) is 3.20. The SMILES string of the molecule is CC(C)(CC(CCO)c1ccc(Cl)nc1)N(O)C(=O)O. The van der Waals surface area contributed by atoms with E-state index in [0.717, 1.165) is 5.56 Å².